The number of hydrogen-bond donors (Lipinski definition) is 1. The van der Waals surface area contributed by atoms with Crippen molar-refractivity contribution in [3.63, 3.8) is 0 Å². The number of hydrogen-bond acceptors (Lipinski definition) is 6. The van der Waals surface area contributed by atoms with Crippen molar-refractivity contribution in [2.75, 3.05) is 19.7 Å². The van der Waals surface area contributed by atoms with E-state index in [-0.39, 0.29) is 17.9 Å². The molecule has 0 fully saturated rings. The van der Waals surface area contributed by atoms with Crippen LogP contribution in [-0.2, 0) is 23.1 Å². The SMILES string of the molecule is O=S(=O)(Oc1cccc(C=C(F)c2cc3c(cn2)CN(CCCO)CC3)c1Cl)C(F)(F)F. The third-order valence-corrected chi connectivity index (χ3v) is 6.18. The minimum atomic E-state index is -5.92. The lowest BCUT2D eigenvalue weighted by molar-refractivity contribution is -0.0500. The predicted molar refractivity (Wildman–Crippen MR) is 111 cm³/mol. The molecule has 3 rings (SSSR count). The van der Waals surface area contributed by atoms with E-state index in [9.17, 15) is 26.0 Å². The Balaban J connectivity index is 1.83. The lowest BCUT2D eigenvalue weighted by atomic mass is 10.0. The fraction of sp³-hybridized carbons (Fsp3) is 0.350. The summed E-state index contributed by atoms with van der Waals surface area (Å²) in [6.45, 7) is 2.23. The first kappa shape index (κ1) is 24.4. The Bertz CT molecular complexity index is 1120. The van der Waals surface area contributed by atoms with Crippen LogP contribution >= 0.6 is 11.6 Å². The number of aliphatic hydroxyl groups is 1. The van der Waals surface area contributed by atoms with Crippen LogP contribution in [0.15, 0.2) is 30.5 Å². The molecule has 1 aliphatic heterocycles. The molecular weight excluding hydrogens is 476 g/mol. The van der Waals surface area contributed by atoms with Crippen LogP contribution in [-0.4, -0.2) is 48.6 Å². The molecule has 0 atom stereocenters. The summed E-state index contributed by atoms with van der Waals surface area (Å²) < 4.78 is 79.0. The van der Waals surface area contributed by atoms with Crippen LogP contribution in [0.3, 0.4) is 0 Å². The molecule has 0 saturated heterocycles. The highest BCUT2D eigenvalue weighted by Crippen LogP contribution is 2.35. The van der Waals surface area contributed by atoms with E-state index in [0.29, 0.717) is 19.4 Å². The highest BCUT2D eigenvalue weighted by atomic mass is 35.5. The van der Waals surface area contributed by atoms with E-state index in [1.165, 1.54) is 12.1 Å². The zero-order valence-corrected chi connectivity index (χ0v) is 18.1. The number of pyridine rings is 1. The summed E-state index contributed by atoms with van der Waals surface area (Å²) in [5.41, 5.74) is -3.84. The normalized spacial score (nSPS) is 15.5. The summed E-state index contributed by atoms with van der Waals surface area (Å²) >= 11 is 5.96. The van der Waals surface area contributed by atoms with E-state index >= 15 is 0 Å². The standard InChI is InChI=1S/C20H19ClF4N2O4S/c21-19-14(3-1-4-18(19)31-32(29,30)20(23,24)25)9-16(22)17-10-13-5-7-27(6-2-8-28)12-15(13)11-26-17/h1,3-4,9-11,28H,2,5-8,12H2. The number of aliphatic hydroxyl groups excluding tert-OH is 1. The molecule has 2 aromatic rings. The minimum Gasteiger partial charge on any atom is -0.396 e. The predicted octanol–water partition coefficient (Wildman–Crippen LogP) is 4.17. The molecule has 1 aliphatic rings. The number of fused-ring (bicyclic) bond motifs is 1. The van der Waals surface area contributed by atoms with Crippen LogP contribution in [0.2, 0.25) is 5.02 Å². The molecule has 1 aromatic carbocycles. The highest BCUT2D eigenvalue weighted by molar-refractivity contribution is 7.88. The van der Waals surface area contributed by atoms with Crippen LogP contribution in [0.1, 0.15) is 28.8 Å². The average Bonchev–Trinajstić information content (AvgIpc) is 2.73. The van der Waals surface area contributed by atoms with Crippen molar-refractivity contribution in [1.82, 2.24) is 9.88 Å². The van der Waals surface area contributed by atoms with Gasteiger partial charge in [0.15, 0.2) is 5.75 Å². The van der Waals surface area contributed by atoms with Gasteiger partial charge in [-0.25, -0.2) is 4.39 Å². The van der Waals surface area contributed by atoms with Crippen molar-refractivity contribution in [2.45, 2.75) is 24.9 Å². The zero-order valence-electron chi connectivity index (χ0n) is 16.6. The van der Waals surface area contributed by atoms with Crippen molar-refractivity contribution in [1.29, 1.82) is 0 Å². The average molecular weight is 495 g/mol. The monoisotopic (exact) mass is 494 g/mol. The molecule has 2 heterocycles. The number of alkyl halides is 3. The molecule has 0 saturated carbocycles. The van der Waals surface area contributed by atoms with Crippen molar-refractivity contribution < 1.29 is 35.3 Å². The Morgan fingerprint density at radius 2 is 2.06 bits per heavy atom. The van der Waals surface area contributed by atoms with Gasteiger partial charge in [-0.1, -0.05) is 23.7 Å². The topological polar surface area (TPSA) is 79.7 Å². The third-order valence-electron chi connectivity index (χ3n) is 4.81. The number of nitrogens with zero attached hydrogens (tertiary/aromatic N) is 2. The molecule has 0 amide bonds. The minimum absolute atomic E-state index is 0.0119. The van der Waals surface area contributed by atoms with Crippen LogP contribution < -0.4 is 4.18 Å². The first-order chi connectivity index (χ1) is 15.0. The van der Waals surface area contributed by atoms with Gasteiger partial charge in [-0.2, -0.15) is 21.6 Å². The molecule has 1 aromatic heterocycles. The highest BCUT2D eigenvalue weighted by Gasteiger charge is 2.48. The number of benzene rings is 1. The fourth-order valence-corrected chi connectivity index (χ4v) is 3.93. The third kappa shape index (κ3) is 5.58. The van der Waals surface area contributed by atoms with Crippen LogP contribution in [0.4, 0.5) is 17.6 Å². The van der Waals surface area contributed by atoms with Gasteiger partial charge in [-0.3, -0.25) is 9.88 Å². The molecule has 32 heavy (non-hydrogen) atoms. The zero-order chi connectivity index (χ0) is 23.5. The maximum atomic E-state index is 14.8. The molecule has 0 aliphatic carbocycles. The van der Waals surface area contributed by atoms with E-state index in [1.54, 1.807) is 12.3 Å². The van der Waals surface area contributed by atoms with Gasteiger partial charge in [0, 0.05) is 32.4 Å². The molecule has 174 valence electrons. The van der Waals surface area contributed by atoms with Crippen molar-refractivity contribution in [2.24, 2.45) is 0 Å². The van der Waals surface area contributed by atoms with Gasteiger partial charge >= 0.3 is 15.6 Å². The van der Waals surface area contributed by atoms with Gasteiger partial charge in [0.25, 0.3) is 0 Å². The molecule has 1 N–H and O–H groups in total. The van der Waals surface area contributed by atoms with Crippen LogP contribution in [0, 0.1) is 0 Å². The smallest absolute Gasteiger partial charge is 0.396 e. The largest absolute Gasteiger partial charge is 0.534 e. The van der Waals surface area contributed by atoms with Gasteiger partial charge in [0.2, 0.25) is 0 Å². The van der Waals surface area contributed by atoms with E-state index < -0.39 is 32.2 Å². The van der Waals surface area contributed by atoms with Gasteiger partial charge in [-0.05, 0) is 47.7 Å². The second kappa shape index (κ2) is 9.74. The number of aromatic nitrogens is 1. The second-order valence-electron chi connectivity index (χ2n) is 7.08. The van der Waals surface area contributed by atoms with E-state index in [0.717, 1.165) is 36.4 Å². The van der Waals surface area contributed by atoms with E-state index in [1.807, 2.05) is 0 Å². The number of rotatable bonds is 7. The summed E-state index contributed by atoms with van der Waals surface area (Å²) in [5, 5.41) is 8.46. The molecule has 0 radical (unpaired) electrons. The van der Waals surface area contributed by atoms with E-state index in [4.69, 9.17) is 16.7 Å². The van der Waals surface area contributed by atoms with Crippen LogP contribution in [0.25, 0.3) is 11.9 Å². The van der Waals surface area contributed by atoms with Gasteiger partial charge < -0.3 is 9.29 Å². The Morgan fingerprint density at radius 3 is 2.75 bits per heavy atom. The van der Waals surface area contributed by atoms with E-state index in [2.05, 4.69) is 14.1 Å². The summed E-state index contributed by atoms with van der Waals surface area (Å²) in [6, 6.07) is 5.01. The number of halogens is 5. The Kier molecular flexibility index (Phi) is 7.43. The Labute approximate surface area is 187 Å². The molecular formula is C20H19ClF4N2O4S. The second-order valence-corrected chi connectivity index (χ2v) is 8.99. The molecule has 0 spiro atoms. The van der Waals surface area contributed by atoms with Gasteiger partial charge in [-0.15, -0.1) is 0 Å². The first-order valence-electron chi connectivity index (χ1n) is 9.49. The van der Waals surface area contributed by atoms with Crippen molar-refractivity contribution in [3.05, 3.63) is 57.9 Å². The lowest BCUT2D eigenvalue weighted by Gasteiger charge is -2.28. The maximum absolute atomic E-state index is 14.8. The quantitative estimate of drug-likeness (QED) is 0.353. The summed E-state index contributed by atoms with van der Waals surface area (Å²) in [7, 11) is -5.92. The Morgan fingerprint density at radius 1 is 1.31 bits per heavy atom. The Hall–Kier alpha value is -2.21. The first-order valence-corrected chi connectivity index (χ1v) is 11.3. The molecule has 0 bridgehead atoms. The van der Waals surface area contributed by atoms with Gasteiger partial charge in [0.1, 0.15) is 5.83 Å². The van der Waals surface area contributed by atoms with Crippen molar-refractivity contribution in [3.8, 4) is 5.75 Å². The lowest BCUT2D eigenvalue weighted by Crippen LogP contribution is -2.32. The van der Waals surface area contributed by atoms with Crippen LogP contribution in [0.5, 0.6) is 5.75 Å². The molecule has 12 heteroatoms. The maximum Gasteiger partial charge on any atom is 0.534 e. The summed E-state index contributed by atoms with van der Waals surface area (Å²) in [4.78, 5) is 6.27. The van der Waals surface area contributed by atoms with Crippen molar-refractivity contribution >= 4 is 33.6 Å². The fourth-order valence-electron chi connectivity index (χ4n) is 3.19. The molecule has 0 unspecified atom stereocenters. The summed E-state index contributed by atoms with van der Waals surface area (Å²) in [6.07, 6.45) is 3.83. The van der Waals surface area contributed by atoms with Gasteiger partial charge in [0.05, 0.1) is 10.7 Å². The molecule has 6 nitrogen and oxygen atoms in total. The summed E-state index contributed by atoms with van der Waals surface area (Å²) in [5.74, 6) is -1.57.